The maximum Gasteiger partial charge on any atom is 0.321 e. The molecule has 0 bridgehead atoms. The first-order valence-electron chi connectivity index (χ1n) is 4.84. The van der Waals surface area contributed by atoms with Crippen LogP contribution in [0.25, 0.3) is 0 Å². The first kappa shape index (κ1) is 11.8. The largest absolute Gasteiger partial charge is 0.480 e. The highest BCUT2D eigenvalue weighted by molar-refractivity contribution is 8.00. The smallest absolute Gasteiger partial charge is 0.321 e. The van der Waals surface area contributed by atoms with Crippen LogP contribution in [-0.4, -0.2) is 41.2 Å². The molecule has 14 heavy (non-hydrogen) atoms. The molecule has 4 nitrogen and oxygen atoms in total. The lowest BCUT2D eigenvalue weighted by atomic mass is 9.84. The maximum atomic E-state index is 10.4. The molecule has 0 aromatic rings. The van der Waals surface area contributed by atoms with Crippen LogP contribution in [0.3, 0.4) is 0 Å². The Balaban J connectivity index is 2.17. The van der Waals surface area contributed by atoms with Gasteiger partial charge in [0.15, 0.2) is 0 Å². The van der Waals surface area contributed by atoms with Gasteiger partial charge in [-0.05, 0) is 19.1 Å². The van der Waals surface area contributed by atoms with Crippen LogP contribution < -0.4 is 11.1 Å². The van der Waals surface area contributed by atoms with Crippen molar-refractivity contribution in [1.82, 2.24) is 5.32 Å². The summed E-state index contributed by atoms with van der Waals surface area (Å²) in [5.41, 5.74) is 5.38. The highest BCUT2D eigenvalue weighted by atomic mass is 32.2. The first-order chi connectivity index (χ1) is 6.59. The topological polar surface area (TPSA) is 75.3 Å². The highest BCUT2D eigenvalue weighted by Gasteiger charge is 2.35. The van der Waals surface area contributed by atoms with Crippen molar-refractivity contribution in [3.8, 4) is 0 Å². The van der Waals surface area contributed by atoms with Crippen LogP contribution in [0, 0.1) is 0 Å². The van der Waals surface area contributed by atoms with E-state index in [1.807, 2.05) is 11.8 Å². The lowest BCUT2D eigenvalue weighted by molar-refractivity contribution is -0.138. The van der Waals surface area contributed by atoms with E-state index in [9.17, 15) is 4.79 Å². The van der Waals surface area contributed by atoms with Crippen LogP contribution in [0.2, 0.25) is 0 Å². The van der Waals surface area contributed by atoms with Crippen LogP contribution >= 0.6 is 11.8 Å². The number of hydrogen-bond donors (Lipinski definition) is 3. The molecule has 1 aliphatic rings. The van der Waals surface area contributed by atoms with E-state index < -0.39 is 12.0 Å². The van der Waals surface area contributed by atoms with Gasteiger partial charge in [-0.2, -0.15) is 11.8 Å². The summed E-state index contributed by atoms with van der Waals surface area (Å²) >= 11 is 1.87. The van der Waals surface area contributed by atoms with E-state index in [-0.39, 0.29) is 0 Å². The Kier molecular flexibility index (Phi) is 4.22. The molecular weight excluding hydrogens is 200 g/mol. The number of rotatable bonds is 6. The molecule has 0 aliphatic heterocycles. The summed E-state index contributed by atoms with van der Waals surface area (Å²) in [6.07, 6.45) is 5.85. The van der Waals surface area contributed by atoms with E-state index in [2.05, 4.69) is 11.6 Å². The third-order valence-corrected chi connectivity index (χ3v) is 4.25. The lowest BCUT2D eigenvalue weighted by Crippen LogP contribution is -2.48. The van der Waals surface area contributed by atoms with Crippen molar-refractivity contribution in [2.24, 2.45) is 5.73 Å². The zero-order chi connectivity index (χ0) is 10.6. The summed E-state index contributed by atoms with van der Waals surface area (Å²) in [6, 6.07) is -0.783. The monoisotopic (exact) mass is 218 g/mol. The van der Waals surface area contributed by atoms with Gasteiger partial charge in [-0.25, -0.2) is 0 Å². The lowest BCUT2D eigenvalue weighted by Gasteiger charge is -2.40. The van der Waals surface area contributed by atoms with Crippen molar-refractivity contribution >= 4 is 17.7 Å². The van der Waals surface area contributed by atoms with E-state index >= 15 is 0 Å². The molecule has 5 heteroatoms. The fourth-order valence-corrected chi connectivity index (χ4v) is 2.51. The molecule has 0 heterocycles. The van der Waals surface area contributed by atoms with Crippen LogP contribution in [0.1, 0.15) is 19.3 Å². The van der Waals surface area contributed by atoms with Crippen molar-refractivity contribution in [2.75, 3.05) is 19.3 Å². The molecule has 1 unspecified atom stereocenters. The van der Waals surface area contributed by atoms with Crippen LogP contribution in [0.15, 0.2) is 0 Å². The first-order valence-corrected chi connectivity index (χ1v) is 6.06. The predicted molar refractivity (Wildman–Crippen MR) is 58.6 cm³/mol. The van der Waals surface area contributed by atoms with Gasteiger partial charge >= 0.3 is 5.97 Å². The molecule has 0 aromatic carbocycles. The SMILES string of the molecule is CSC1(CNCC(N)C(=O)O)CCC1. The van der Waals surface area contributed by atoms with Gasteiger partial charge in [0.25, 0.3) is 0 Å². The molecule has 1 atom stereocenters. The third kappa shape index (κ3) is 2.87. The van der Waals surface area contributed by atoms with Crippen molar-refractivity contribution in [3.63, 3.8) is 0 Å². The Bertz CT molecular complexity index is 201. The zero-order valence-electron chi connectivity index (χ0n) is 8.45. The molecule has 4 N–H and O–H groups in total. The van der Waals surface area contributed by atoms with Gasteiger partial charge in [0.05, 0.1) is 0 Å². The molecular formula is C9H18N2O2S. The summed E-state index contributed by atoms with van der Waals surface area (Å²) in [4.78, 5) is 10.4. The Labute approximate surface area is 88.6 Å². The maximum absolute atomic E-state index is 10.4. The molecule has 1 rings (SSSR count). The normalized spacial score (nSPS) is 21.3. The number of carboxylic acid groups (broad SMARTS) is 1. The number of nitrogens with one attached hydrogen (secondary N) is 1. The van der Waals surface area contributed by atoms with Crippen molar-refractivity contribution in [2.45, 2.75) is 30.1 Å². The van der Waals surface area contributed by atoms with Gasteiger partial charge in [-0.3, -0.25) is 4.79 Å². The van der Waals surface area contributed by atoms with Crippen molar-refractivity contribution < 1.29 is 9.90 Å². The number of thioether (sulfide) groups is 1. The van der Waals surface area contributed by atoms with E-state index in [0.29, 0.717) is 11.3 Å². The average molecular weight is 218 g/mol. The number of hydrogen-bond acceptors (Lipinski definition) is 4. The minimum absolute atomic E-state index is 0.345. The van der Waals surface area contributed by atoms with E-state index in [1.165, 1.54) is 19.3 Å². The third-order valence-electron chi connectivity index (χ3n) is 2.83. The summed E-state index contributed by atoms with van der Waals surface area (Å²) < 4.78 is 0.345. The number of nitrogens with two attached hydrogens (primary N) is 1. The van der Waals surface area contributed by atoms with Crippen LogP contribution in [0.4, 0.5) is 0 Å². The fourth-order valence-electron chi connectivity index (χ4n) is 1.57. The van der Waals surface area contributed by atoms with E-state index in [4.69, 9.17) is 10.8 Å². The summed E-state index contributed by atoms with van der Waals surface area (Å²) in [6.45, 7) is 1.23. The molecule has 0 spiro atoms. The average Bonchev–Trinajstić information content (AvgIpc) is 2.09. The minimum atomic E-state index is -0.940. The molecule has 0 amide bonds. The standard InChI is InChI=1S/C9H18N2O2S/c1-14-9(3-2-4-9)6-11-5-7(10)8(12)13/h7,11H,2-6,10H2,1H3,(H,12,13). The van der Waals surface area contributed by atoms with Gasteiger partial charge in [0.2, 0.25) is 0 Å². The van der Waals surface area contributed by atoms with Crippen LogP contribution in [-0.2, 0) is 4.79 Å². The second kappa shape index (κ2) is 5.00. The molecule has 0 saturated heterocycles. The van der Waals surface area contributed by atoms with E-state index in [0.717, 1.165) is 6.54 Å². The van der Waals surface area contributed by atoms with E-state index in [1.54, 1.807) is 0 Å². The van der Waals surface area contributed by atoms with Gasteiger partial charge < -0.3 is 16.2 Å². The van der Waals surface area contributed by atoms with Gasteiger partial charge in [-0.1, -0.05) is 6.42 Å². The molecule has 1 saturated carbocycles. The van der Waals surface area contributed by atoms with Gasteiger partial charge in [0, 0.05) is 17.8 Å². The number of carbonyl (C=O) groups is 1. The Morgan fingerprint density at radius 1 is 1.71 bits per heavy atom. The van der Waals surface area contributed by atoms with Crippen molar-refractivity contribution in [3.05, 3.63) is 0 Å². The molecule has 0 radical (unpaired) electrons. The Morgan fingerprint density at radius 3 is 2.71 bits per heavy atom. The van der Waals surface area contributed by atoms with Crippen LogP contribution in [0.5, 0.6) is 0 Å². The molecule has 0 aromatic heterocycles. The summed E-state index contributed by atoms with van der Waals surface area (Å²) in [5, 5.41) is 11.7. The number of carboxylic acids is 1. The Hall–Kier alpha value is -0.260. The minimum Gasteiger partial charge on any atom is -0.480 e. The highest BCUT2D eigenvalue weighted by Crippen LogP contribution is 2.41. The number of aliphatic carboxylic acids is 1. The van der Waals surface area contributed by atoms with Gasteiger partial charge in [-0.15, -0.1) is 0 Å². The zero-order valence-corrected chi connectivity index (χ0v) is 9.27. The summed E-state index contributed by atoms with van der Waals surface area (Å²) in [7, 11) is 0. The second-order valence-electron chi connectivity index (χ2n) is 3.82. The van der Waals surface area contributed by atoms with Gasteiger partial charge in [0.1, 0.15) is 6.04 Å². The quantitative estimate of drug-likeness (QED) is 0.597. The molecule has 1 aliphatic carbocycles. The molecule has 82 valence electrons. The molecule has 1 fully saturated rings. The predicted octanol–water partition coefficient (Wildman–Crippen LogP) is 0.274. The van der Waals surface area contributed by atoms with Crippen molar-refractivity contribution in [1.29, 1.82) is 0 Å². The second-order valence-corrected chi connectivity index (χ2v) is 5.09. The fraction of sp³-hybridized carbons (Fsp3) is 0.889. The Morgan fingerprint density at radius 2 is 2.36 bits per heavy atom. The summed E-state index contributed by atoms with van der Waals surface area (Å²) in [5.74, 6) is -0.940.